The van der Waals surface area contributed by atoms with Crippen molar-refractivity contribution in [3.05, 3.63) is 52.9 Å². The number of likely N-dealkylation sites (N-methyl/N-ethyl adjacent to an activating group) is 1. The molecule has 3 aromatic rings. The Morgan fingerprint density at radius 1 is 1.15 bits per heavy atom. The summed E-state index contributed by atoms with van der Waals surface area (Å²) in [4.78, 5) is 4.78. The first-order chi connectivity index (χ1) is 9.78. The Kier molecular flexibility index (Phi) is 3.81. The number of rotatable bonds is 4. The predicted molar refractivity (Wildman–Crippen MR) is 87.4 cm³/mol. The molecule has 0 aliphatic heterocycles. The molecule has 1 atom stereocenters. The molecule has 0 fully saturated rings. The van der Waals surface area contributed by atoms with Gasteiger partial charge in [0.2, 0.25) is 0 Å². The van der Waals surface area contributed by atoms with E-state index < -0.39 is 0 Å². The van der Waals surface area contributed by atoms with Gasteiger partial charge in [0, 0.05) is 23.4 Å². The minimum atomic E-state index is 0.458. The van der Waals surface area contributed by atoms with E-state index in [1.54, 1.807) is 11.3 Å². The van der Waals surface area contributed by atoms with Crippen LogP contribution in [0.2, 0.25) is 0 Å². The first kappa shape index (κ1) is 13.3. The quantitative estimate of drug-likeness (QED) is 0.772. The lowest BCUT2D eigenvalue weighted by molar-refractivity contribution is 0.674. The lowest BCUT2D eigenvalue weighted by Gasteiger charge is -2.06. The second-order valence-corrected chi connectivity index (χ2v) is 5.98. The Hall–Kier alpha value is -1.71. The summed E-state index contributed by atoms with van der Waals surface area (Å²) in [5.41, 5.74) is 2.28. The second kappa shape index (κ2) is 5.73. The molecular formula is C17H18N2S. The number of hydrogen-bond donors (Lipinski definition) is 1. The molecule has 1 aromatic heterocycles. The highest BCUT2D eigenvalue weighted by Gasteiger charge is 2.11. The summed E-state index contributed by atoms with van der Waals surface area (Å²) < 4.78 is 0. The van der Waals surface area contributed by atoms with Crippen LogP contribution in [0.3, 0.4) is 0 Å². The van der Waals surface area contributed by atoms with Crippen molar-refractivity contribution in [3.63, 3.8) is 0 Å². The van der Waals surface area contributed by atoms with Gasteiger partial charge in [0.1, 0.15) is 0 Å². The zero-order valence-corrected chi connectivity index (χ0v) is 12.6. The molecule has 102 valence electrons. The average molecular weight is 282 g/mol. The molecule has 20 heavy (non-hydrogen) atoms. The van der Waals surface area contributed by atoms with Gasteiger partial charge in [0.05, 0.1) is 10.7 Å². The van der Waals surface area contributed by atoms with Gasteiger partial charge in [0.15, 0.2) is 0 Å². The Balaban J connectivity index is 1.94. The summed E-state index contributed by atoms with van der Waals surface area (Å²) in [6.07, 6.45) is 0. The van der Waals surface area contributed by atoms with Crippen LogP contribution in [0, 0.1) is 0 Å². The fourth-order valence-corrected chi connectivity index (χ4v) is 3.28. The zero-order chi connectivity index (χ0) is 13.9. The van der Waals surface area contributed by atoms with E-state index in [0.29, 0.717) is 5.92 Å². The average Bonchev–Trinajstić information content (AvgIpc) is 2.97. The first-order valence-electron chi connectivity index (χ1n) is 6.87. The maximum absolute atomic E-state index is 4.78. The van der Waals surface area contributed by atoms with Crippen molar-refractivity contribution in [1.29, 1.82) is 0 Å². The van der Waals surface area contributed by atoms with Crippen molar-refractivity contribution in [2.45, 2.75) is 12.8 Å². The van der Waals surface area contributed by atoms with Crippen LogP contribution in [-0.4, -0.2) is 18.6 Å². The summed E-state index contributed by atoms with van der Waals surface area (Å²) in [7, 11) is 1.98. The summed E-state index contributed by atoms with van der Waals surface area (Å²) in [5, 5.41) is 9.10. The van der Waals surface area contributed by atoms with Crippen molar-refractivity contribution < 1.29 is 0 Å². The molecule has 0 aliphatic carbocycles. The standard InChI is InChI=1S/C17H18N2S/c1-12(10-18-2)17-19-16(11-20-17)15-8-7-13-5-3-4-6-14(13)9-15/h3-9,11-12,18H,10H2,1-2H3. The lowest BCUT2D eigenvalue weighted by Crippen LogP contribution is -2.14. The van der Waals surface area contributed by atoms with Gasteiger partial charge in [-0.3, -0.25) is 0 Å². The Labute approximate surface area is 123 Å². The normalized spacial score (nSPS) is 12.7. The maximum Gasteiger partial charge on any atom is 0.0973 e. The van der Waals surface area contributed by atoms with Gasteiger partial charge in [0.25, 0.3) is 0 Å². The number of nitrogens with zero attached hydrogens (tertiary/aromatic N) is 1. The molecule has 2 aromatic carbocycles. The molecule has 3 rings (SSSR count). The number of hydrogen-bond acceptors (Lipinski definition) is 3. The van der Waals surface area contributed by atoms with Crippen molar-refractivity contribution >= 4 is 22.1 Å². The van der Waals surface area contributed by atoms with Gasteiger partial charge in [-0.15, -0.1) is 11.3 Å². The molecule has 0 amide bonds. The van der Waals surface area contributed by atoms with Crippen LogP contribution in [0.1, 0.15) is 17.8 Å². The van der Waals surface area contributed by atoms with E-state index in [9.17, 15) is 0 Å². The fourth-order valence-electron chi connectivity index (χ4n) is 2.39. The predicted octanol–water partition coefficient (Wildman–Crippen LogP) is 4.29. The monoisotopic (exact) mass is 282 g/mol. The van der Waals surface area contributed by atoms with Crippen molar-refractivity contribution in [2.75, 3.05) is 13.6 Å². The van der Waals surface area contributed by atoms with E-state index >= 15 is 0 Å². The zero-order valence-electron chi connectivity index (χ0n) is 11.8. The topological polar surface area (TPSA) is 24.9 Å². The molecule has 0 saturated carbocycles. The van der Waals surface area contributed by atoms with E-state index in [0.717, 1.165) is 12.2 Å². The van der Waals surface area contributed by atoms with Gasteiger partial charge in [-0.2, -0.15) is 0 Å². The molecule has 0 saturated heterocycles. The molecule has 1 unspecified atom stereocenters. The number of aromatic nitrogens is 1. The number of benzene rings is 2. The summed E-state index contributed by atoms with van der Waals surface area (Å²) in [6, 6.07) is 15.0. The number of thiazole rings is 1. The molecule has 0 radical (unpaired) electrons. The van der Waals surface area contributed by atoms with Crippen LogP contribution in [0.5, 0.6) is 0 Å². The smallest absolute Gasteiger partial charge is 0.0973 e. The fraction of sp³-hybridized carbons (Fsp3) is 0.235. The van der Waals surface area contributed by atoms with E-state index in [4.69, 9.17) is 4.98 Å². The highest BCUT2D eigenvalue weighted by atomic mass is 32.1. The van der Waals surface area contributed by atoms with Gasteiger partial charge >= 0.3 is 0 Å². The lowest BCUT2D eigenvalue weighted by atomic mass is 10.1. The molecule has 1 N–H and O–H groups in total. The molecule has 2 nitrogen and oxygen atoms in total. The van der Waals surface area contributed by atoms with Crippen molar-refractivity contribution in [3.8, 4) is 11.3 Å². The molecule has 0 spiro atoms. The van der Waals surface area contributed by atoms with Crippen LogP contribution in [0.15, 0.2) is 47.8 Å². The highest BCUT2D eigenvalue weighted by molar-refractivity contribution is 7.10. The molecular weight excluding hydrogens is 264 g/mol. The van der Waals surface area contributed by atoms with Crippen LogP contribution < -0.4 is 5.32 Å². The molecule has 3 heteroatoms. The van der Waals surface area contributed by atoms with E-state index in [1.165, 1.54) is 21.3 Å². The van der Waals surface area contributed by atoms with Crippen molar-refractivity contribution in [2.24, 2.45) is 0 Å². The van der Waals surface area contributed by atoms with Crippen LogP contribution >= 0.6 is 11.3 Å². The summed E-state index contributed by atoms with van der Waals surface area (Å²) in [6.45, 7) is 3.17. The third kappa shape index (κ3) is 2.60. The van der Waals surface area contributed by atoms with Gasteiger partial charge in [-0.1, -0.05) is 43.3 Å². The minimum absolute atomic E-state index is 0.458. The Bertz CT molecular complexity index is 718. The minimum Gasteiger partial charge on any atom is -0.319 e. The van der Waals surface area contributed by atoms with Gasteiger partial charge < -0.3 is 5.32 Å². The Morgan fingerprint density at radius 3 is 2.75 bits per heavy atom. The van der Waals surface area contributed by atoms with Crippen LogP contribution in [-0.2, 0) is 0 Å². The van der Waals surface area contributed by atoms with Gasteiger partial charge in [-0.05, 0) is 23.9 Å². The van der Waals surface area contributed by atoms with E-state index in [2.05, 4.69) is 60.1 Å². The van der Waals surface area contributed by atoms with Crippen molar-refractivity contribution in [1.82, 2.24) is 10.3 Å². The largest absolute Gasteiger partial charge is 0.319 e. The summed E-state index contributed by atoms with van der Waals surface area (Å²) >= 11 is 1.75. The first-order valence-corrected chi connectivity index (χ1v) is 7.75. The Morgan fingerprint density at radius 2 is 1.95 bits per heavy atom. The maximum atomic E-state index is 4.78. The molecule has 0 aliphatic rings. The van der Waals surface area contributed by atoms with Gasteiger partial charge in [-0.25, -0.2) is 4.98 Å². The molecule has 0 bridgehead atoms. The SMILES string of the molecule is CNCC(C)c1nc(-c2ccc3ccccc3c2)cs1. The highest BCUT2D eigenvalue weighted by Crippen LogP contribution is 2.28. The number of fused-ring (bicyclic) bond motifs is 1. The third-order valence-corrected chi connectivity index (χ3v) is 4.58. The molecule has 1 heterocycles. The van der Waals surface area contributed by atoms with E-state index in [1.807, 2.05) is 7.05 Å². The van der Waals surface area contributed by atoms with E-state index in [-0.39, 0.29) is 0 Å². The second-order valence-electron chi connectivity index (χ2n) is 5.09. The number of nitrogens with one attached hydrogen (secondary N) is 1. The van der Waals surface area contributed by atoms with Crippen LogP contribution in [0.4, 0.5) is 0 Å². The summed E-state index contributed by atoms with van der Waals surface area (Å²) in [5.74, 6) is 0.458. The third-order valence-electron chi connectivity index (χ3n) is 3.50. The van der Waals surface area contributed by atoms with Crippen LogP contribution in [0.25, 0.3) is 22.0 Å².